The Morgan fingerprint density at radius 1 is 1.30 bits per heavy atom. The highest BCUT2D eigenvalue weighted by molar-refractivity contribution is 5.93. The fourth-order valence-electron chi connectivity index (χ4n) is 0.710. The van der Waals surface area contributed by atoms with E-state index in [1.165, 1.54) is 7.05 Å². The lowest BCUT2D eigenvalue weighted by Crippen LogP contribution is -2.09. The third-order valence-corrected chi connectivity index (χ3v) is 1.22. The number of nitrogens with zero attached hydrogens (tertiary/aromatic N) is 1. The number of hydrogen-bond acceptors (Lipinski definition) is 1. The zero-order valence-corrected chi connectivity index (χ0v) is 5.74. The van der Waals surface area contributed by atoms with Crippen LogP contribution in [0.2, 0.25) is 0 Å². The first kappa shape index (κ1) is 6.81. The smallest absolute Gasteiger partial charge is 0.267 e. The molecule has 1 rings (SSSR count). The Labute approximate surface area is 59.9 Å². The molecule has 0 unspecified atom stereocenters. The first-order chi connectivity index (χ1) is 4.84. The van der Waals surface area contributed by atoms with Crippen molar-refractivity contribution in [2.45, 2.75) is 0 Å². The predicted octanol–water partition coefficient (Wildman–Crippen LogP) is 1.06. The Morgan fingerprint density at radius 2 is 1.90 bits per heavy atom. The van der Waals surface area contributed by atoms with Crippen molar-refractivity contribution in [3.8, 4) is 0 Å². The van der Waals surface area contributed by atoms with Gasteiger partial charge in [-0.2, -0.15) is 0 Å². The summed E-state index contributed by atoms with van der Waals surface area (Å²) >= 11 is 0. The van der Waals surface area contributed by atoms with E-state index in [-0.39, 0.29) is 5.91 Å². The van der Waals surface area contributed by atoms with Crippen molar-refractivity contribution >= 4 is 5.91 Å². The minimum absolute atomic E-state index is 0.166. The summed E-state index contributed by atoms with van der Waals surface area (Å²) in [5.74, 6) is -0.166. The molecule has 0 aromatic heterocycles. The average Bonchev–Trinajstić information content (AvgIpc) is 2.05. The summed E-state index contributed by atoms with van der Waals surface area (Å²) in [6.45, 7) is 0. The number of carbonyl (C=O) groups excluding carboxylic acids is 1. The normalized spacial score (nSPS) is 8.90. The molecule has 0 aliphatic carbocycles. The van der Waals surface area contributed by atoms with Crippen LogP contribution in [0.25, 0.3) is 0 Å². The summed E-state index contributed by atoms with van der Waals surface area (Å²) in [6.07, 6.45) is 0. The highest BCUT2D eigenvalue weighted by Crippen LogP contribution is 1.96. The molecule has 0 fully saturated rings. The Balaban J connectivity index is 2.85. The molecule has 0 bridgehead atoms. The van der Waals surface area contributed by atoms with Gasteiger partial charge in [0.25, 0.3) is 5.91 Å². The number of carbonyl (C=O) groups is 1. The Morgan fingerprint density at radius 3 is 2.40 bits per heavy atom. The largest absolute Gasteiger partial charge is 0.272 e. The molecule has 0 N–H and O–H groups in total. The summed E-state index contributed by atoms with van der Waals surface area (Å²) in [5, 5.41) is 3.52. The maximum absolute atomic E-state index is 10.8. The number of amides is 1. The third kappa shape index (κ3) is 1.35. The molecule has 1 amide bonds. The van der Waals surface area contributed by atoms with E-state index >= 15 is 0 Å². The van der Waals surface area contributed by atoms with E-state index in [9.17, 15) is 4.79 Å². The quantitative estimate of drug-likeness (QED) is 0.565. The van der Waals surface area contributed by atoms with Gasteiger partial charge in [-0.1, -0.05) is 18.2 Å². The van der Waals surface area contributed by atoms with Gasteiger partial charge in [0.1, 0.15) is 0 Å². The van der Waals surface area contributed by atoms with Crippen molar-refractivity contribution in [1.82, 2.24) is 5.32 Å². The summed E-state index contributed by atoms with van der Waals surface area (Å²) < 4.78 is 0. The lowest BCUT2D eigenvalue weighted by Gasteiger charge is -1.93. The van der Waals surface area contributed by atoms with Gasteiger partial charge >= 0.3 is 0 Å². The second-order valence-electron chi connectivity index (χ2n) is 1.89. The molecule has 0 heterocycles. The van der Waals surface area contributed by atoms with Gasteiger partial charge in [0.2, 0.25) is 0 Å². The van der Waals surface area contributed by atoms with Crippen LogP contribution < -0.4 is 5.32 Å². The molecule has 0 aliphatic heterocycles. The van der Waals surface area contributed by atoms with Crippen LogP contribution in [0, 0.1) is 0 Å². The predicted molar refractivity (Wildman–Crippen MR) is 38.8 cm³/mol. The van der Waals surface area contributed by atoms with E-state index in [0.29, 0.717) is 5.56 Å². The molecule has 51 valence electrons. The van der Waals surface area contributed by atoms with Gasteiger partial charge in [0.05, 0.1) is 0 Å². The standard InChI is InChI=1S/C8H8NO/c1-9-8(10)7-5-3-2-4-6-7/h2-6H,1H3. The summed E-state index contributed by atoms with van der Waals surface area (Å²) in [5.41, 5.74) is 0.644. The first-order valence-electron chi connectivity index (χ1n) is 3.04. The van der Waals surface area contributed by atoms with Crippen LogP contribution in [0.4, 0.5) is 0 Å². The van der Waals surface area contributed by atoms with Crippen molar-refractivity contribution in [3.63, 3.8) is 0 Å². The highest BCUT2D eigenvalue weighted by Gasteiger charge is 1.99. The van der Waals surface area contributed by atoms with Crippen molar-refractivity contribution in [3.05, 3.63) is 35.9 Å². The first-order valence-corrected chi connectivity index (χ1v) is 3.04. The monoisotopic (exact) mass is 134 g/mol. The second kappa shape index (κ2) is 3.01. The molecule has 1 aromatic rings. The van der Waals surface area contributed by atoms with Crippen LogP contribution in [0.1, 0.15) is 10.4 Å². The fraction of sp³-hybridized carbons (Fsp3) is 0.125. The van der Waals surface area contributed by atoms with E-state index in [4.69, 9.17) is 0 Å². The molecule has 1 aromatic carbocycles. The van der Waals surface area contributed by atoms with Crippen LogP contribution in [0.3, 0.4) is 0 Å². The van der Waals surface area contributed by atoms with Gasteiger partial charge in [-0.25, -0.2) is 0 Å². The third-order valence-electron chi connectivity index (χ3n) is 1.22. The fourth-order valence-corrected chi connectivity index (χ4v) is 0.710. The van der Waals surface area contributed by atoms with Crippen molar-refractivity contribution in [2.24, 2.45) is 0 Å². The van der Waals surface area contributed by atoms with Crippen LogP contribution >= 0.6 is 0 Å². The minimum atomic E-state index is -0.166. The highest BCUT2D eigenvalue weighted by atomic mass is 16.1. The van der Waals surface area contributed by atoms with Crippen molar-refractivity contribution < 1.29 is 4.79 Å². The molecular formula is C8H8NO. The lowest BCUT2D eigenvalue weighted by atomic mass is 10.2. The van der Waals surface area contributed by atoms with E-state index in [2.05, 4.69) is 5.32 Å². The zero-order chi connectivity index (χ0) is 7.40. The Kier molecular flexibility index (Phi) is 2.05. The maximum Gasteiger partial charge on any atom is 0.272 e. The van der Waals surface area contributed by atoms with E-state index in [0.717, 1.165) is 0 Å². The number of hydrogen-bond donors (Lipinski definition) is 0. The zero-order valence-electron chi connectivity index (χ0n) is 5.74. The second-order valence-corrected chi connectivity index (χ2v) is 1.89. The van der Waals surface area contributed by atoms with Crippen molar-refractivity contribution in [1.29, 1.82) is 0 Å². The van der Waals surface area contributed by atoms with E-state index in [1.807, 2.05) is 18.2 Å². The molecule has 0 spiro atoms. The summed E-state index contributed by atoms with van der Waals surface area (Å²) in [7, 11) is 1.50. The Hall–Kier alpha value is -1.31. The van der Waals surface area contributed by atoms with Crippen LogP contribution in [-0.4, -0.2) is 13.0 Å². The molecule has 0 atom stereocenters. The summed E-state index contributed by atoms with van der Waals surface area (Å²) in [4.78, 5) is 10.8. The molecule has 2 nitrogen and oxygen atoms in total. The molecule has 2 heteroatoms. The summed E-state index contributed by atoms with van der Waals surface area (Å²) in [6, 6.07) is 8.99. The van der Waals surface area contributed by atoms with E-state index < -0.39 is 0 Å². The molecule has 10 heavy (non-hydrogen) atoms. The molecule has 1 radical (unpaired) electrons. The molecule has 0 saturated heterocycles. The van der Waals surface area contributed by atoms with Gasteiger partial charge in [-0.15, -0.1) is 0 Å². The average molecular weight is 134 g/mol. The topological polar surface area (TPSA) is 31.2 Å². The van der Waals surface area contributed by atoms with E-state index in [1.54, 1.807) is 12.1 Å². The SMILES string of the molecule is C[N]C(=O)c1ccccc1. The number of benzene rings is 1. The van der Waals surface area contributed by atoms with Crippen LogP contribution in [-0.2, 0) is 0 Å². The van der Waals surface area contributed by atoms with Crippen molar-refractivity contribution in [2.75, 3.05) is 7.05 Å². The van der Waals surface area contributed by atoms with Gasteiger partial charge in [0, 0.05) is 12.6 Å². The van der Waals surface area contributed by atoms with Gasteiger partial charge in [-0.3, -0.25) is 10.1 Å². The Bertz CT molecular complexity index is 218. The van der Waals surface area contributed by atoms with Crippen LogP contribution in [0.15, 0.2) is 30.3 Å². The molecular weight excluding hydrogens is 126 g/mol. The maximum atomic E-state index is 10.8. The molecule has 0 aliphatic rings. The van der Waals surface area contributed by atoms with Gasteiger partial charge in [0.15, 0.2) is 0 Å². The minimum Gasteiger partial charge on any atom is -0.267 e. The van der Waals surface area contributed by atoms with Crippen LogP contribution in [0.5, 0.6) is 0 Å². The number of rotatable bonds is 1. The lowest BCUT2D eigenvalue weighted by molar-refractivity contribution is 0.0959. The van der Waals surface area contributed by atoms with Gasteiger partial charge < -0.3 is 0 Å². The molecule has 0 saturated carbocycles. The van der Waals surface area contributed by atoms with Gasteiger partial charge in [-0.05, 0) is 12.1 Å².